The van der Waals surface area contributed by atoms with Crippen molar-refractivity contribution in [2.45, 2.75) is 6.92 Å². The molecule has 2 heteroatoms. The van der Waals surface area contributed by atoms with Crippen molar-refractivity contribution in [3.63, 3.8) is 0 Å². The average molecular weight is 335 g/mol. The van der Waals surface area contributed by atoms with Crippen molar-refractivity contribution in [1.82, 2.24) is 4.98 Å². The minimum Gasteiger partial charge on any atom is -0.457 e. The molecule has 2 heterocycles. The van der Waals surface area contributed by atoms with Gasteiger partial charge in [-0.2, -0.15) is 0 Å². The van der Waals surface area contributed by atoms with Crippen LogP contribution in [0.25, 0.3) is 56.4 Å². The Morgan fingerprint density at radius 2 is 1.85 bits per heavy atom. The van der Waals surface area contributed by atoms with Crippen LogP contribution in [0.5, 0.6) is 0 Å². The lowest BCUT2D eigenvalue weighted by molar-refractivity contribution is 0.585. The number of fused-ring (bicyclic) bond motifs is 2. The highest BCUT2D eigenvalue weighted by molar-refractivity contribution is 6.24. The lowest BCUT2D eigenvalue weighted by atomic mass is 9.92. The van der Waals surface area contributed by atoms with E-state index in [9.17, 15) is 0 Å². The fraction of sp³-hybridized carbons (Fsp3) is 0.0417. The Morgan fingerprint density at radius 3 is 2.65 bits per heavy atom. The highest BCUT2D eigenvalue weighted by Crippen LogP contribution is 2.38. The van der Waals surface area contributed by atoms with Crippen LogP contribution in [0.3, 0.4) is 0 Å². The minimum absolute atomic E-state index is 0.722. The first-order valence-electron chi connectivity index (χ1n) is 8.71. The second-order valence-electron chi connectivity index (χ2n) is 6.47. The molecular formula is C24H17NO. The van der Waals surface area contributed by atoms with Crippen LogP contribution in [0.2, 0.25) is 0 Å². The number of nitrogens with zero attached hydrogens (tertiary/aromatic N) is 1. The molecule has 5 rings (SSSR count). The number of pyridine rings is 1. The first-order chi connectivity index (χ1) is 12.8. The Labute approximate surface area is 151 Å². The molecule has 0 aliphatic rings. The molecule has 0 bridgehead atoms. The maximum atomic E-state index is 5.96. The molecule has 3 aromatic carbocycles. The molecule has 0 unspecified atom stereocenters. The van der Waals surface area contributed by atoms with Gasteiger partial charge in [0.15, 0.2) is 0 Å². The molecule has 0 fully saturated rings. The van der Waals surface area contributed by atoms with E-state index < -0.39 is 0 Å². The molecule has 26 heavy (non-hydrogen) atoms. The predicted octanol–water partition coefficient (Wildman–Crippen LogP) is 5.96. The summed E-state index contributed by atoms with van der Waals surface area (Å²) in [6.07, 6.45) is 6.04. The lowest BCUT2D eigenvalue weighted by Crippen LogP contribution is -1.95. The van der Waals surface area contributed by atoms with Crippen molar-refractivity contribution in [1.29, 1.82) is 0 Å². The van der Waals surface area contributed by atoms with Crippen LogP contribution in [0, 0.1) is 0 Å². The van der Waals surface area contributed by atoms with Gasteiger partial charge in [-0.1, -0.05) is 49.1 Å². The van der Waals surface area contributed by atoms with Crippen molar-refractivity contribution in [3.8, 4) is 11.3 Å². The Hall–Kier alpha value is -3.39. The third-order valence-electron chi connectivity index (χ3n) is 4.95. The van der Waals surface area contributed by atoms with Crippen LogP contribution in [-0.2, 0) is 0 Å². The SMILES string of the molecule is C=c1oc2cccc3c4cc(-c5ccccn5)ccc4c(/C=C\C)c1c23. The Morgan fingerprint density at radius 1 is 0.923 bits per heavy atom. The van der Waals surface area contributed by atoms with E-state index >= 15 is 0 Å². The molecule has 0 aliphatic carbocycles. The zero-order chi connectivity index (χ0) is 17.7. The molecule has 0 saturated heterocycles. The topological polar surface area (TPSA) is 26.0 Å². The van der Waals surface area contributed by atoms with Crippen LogP contribution >= 0.6 is 0 Å². The molecular weight excluding hydrogens is 318 g/mol. The molecule has 0 atom stereocenters. The largest absolute Gasteiger partial charge is 0.457 e. The number of aromatic nitrogens is 1. The van der Waals surface area contributed by atoms with E-state index in [0.717, 1.165) is 38.6 Å². The predicted molar refractivity (Wildman–Crippen MR) is 110 cm³/mol. The van der Waals surface area contributed by atoms with E-state index in [-0.39, 0.29) is 0 Å². The molecule has 124 valence electrons. The van der Waals surface area contributed by atoms with Gasteiger partial charge in [-0.15, -0.1) is 0 Å². The zero-order valence-corrected chi connectivity index (χ0v) is 14.5. The smallest absolute Gasteiger partial charge is 0.136 e. The summed E-state index contributed by atoms with van der Waals surface area (Å²) in [7, 11) is 0. The molecule has 0 saturated carbocycles. The summed E-state index contributed by atoms with van der Waals surface area (Å²) >= 11 is 0. The third kappa shape index (κ3) is 2.02. The maximum absolute atomic E-state index is 5.96. The first kappa shape index (κ1) is 14.9. The van der Waals surface area contributed by atoms with Crippen molar-refractivity contribution in [3.05, 3.63) is 77.8 Å². The summed E-state index contributed by atoms with van der Waals surface area (Å²) in [4.78, 5) is 4.50. The molecule has 0 amide bonds. The average Bonchev–Trinajstić information content (AvgIpc) is 3.02. The Bertz CT molecular complexity index is 1340. The van der Waals surface area contributed by atoms with Crippen molar-refractivity contribution >= 4 is 45.2 Å². The fourth-order valence-corrected chi connectivity index (χ4v) is 3.88. The summed E-state index contributed by atoms with van der Waals surface area (Å²) in [6.45, 7) is 6.18. The van der Waals surface area contributed by atoms with Crippen LogP contribution in [0.15, 0.2) is 71.3 Å². The molecule has 5 aromatic rings. The van der Waals surface area contributed by atoms with Crippen LogP contribution in [-0.4, -0.2) is 4.98 Å². The minimum atomic E-state index is 0.722. The highest BCUT2D eigenvalue weighted by atomic mass is 16.3. The Balaban J connectivity index is 2.00. The van der Waals surface area contributed by atoms with Gasteiger partial charge in [-0.05, 0) is 52.9 Å². The summed E-state index contributed by atoms with van der Waals surface area (Å²) in [5, 5.41) is 5.86. The summed E-state index contributed by atoms with van der Waals surface area (Å²) in [6, 6.07) is 18.8. The third-order valence-corrected chi connectivity index (χ3v) is 4.95. The normalized spacial score (nSPS) is 12.0. The molecule has 2 aromatic heterocycles. The van der Waals surface area contributed by atoms with Gasteiger partial charge >= 0.3 is 0 Å². The molecule has 0 radical (unpaired) electrons. The second kappa shape index (κ2) is 5.57. The maximum Gasteiger partial charge on any atom is 0.136 e. The van der Waals surface area contributed by atoms with E-state index in [0.29, 0.717) is 0 Å². The van der Waals surface area contributed by atoms with E-state index in [1.165, 1.54) is 16.2 Å². The van der Waals surface area contributed by atoms with E-state index in [2.05, 4.69) is 48.0 Å². The van der Waals surface area contributed by atoms with Crippen molar-refractivity contribution in [2.75, 3.05) is 0 Å². The summed E-state index contributed by atoms with van der Waals surface area (Å²) in [5.41, 5.74) is 4.87. The number of hydrogen-bond acceptors (Lipinski definition) is 2. The van der Waals surface area contributed by atoms with Gasteiger partial charge in [0.1, 0.15) is 11.0 Å². The zero-order valence-electron chi connectivity index (χ0n) is 14.5. The Kier molecular flexibility index (Phi) is 3.19. The molecule has 0 N–H and O–H groups in total. The quantitative estimate of drug-likeness (QED) is 0.372. The van der Waals surface area contributed by atoms with E-state index in [4.69, 9.17) is 4.42 Å². The van der Waals surface area contributed by atoms with Crippen molar-refractivity contribution < 1.29 is 4.42 Å². The van der Waals surface area contributed by atoms with Gasteiger partial charge in [-0.25, -0.2) is 0 Å². The van der Waals surface area contributed by atoms with Gasteiger partial charge in [0.2, 0.25) is 0 Å². The summed E-state index contributed by atoms with van der Waals surface area (Å²) < 4.78 is 5.96. The first-order valence-corrected chi connectivity index (χ1v) is 8.71. The van der Waals surface area contributed by atoms with Crippen molar-refractivity contribution in [2.24, 2.45) is 0 Å². The number of benzene rings is 3. The van der Waals surface area contributed by atoms with Crippen LogP contribution in [0.4, 0.5) is 0 Å². The van der Waals surface area contributed by atoms with Gasteiger partial charge in [0, 0.05) is 22.5 Å². The van der Waals surface area contributed by atoms with Gasteiger partial charge < -0.3 is 4.42 Å². The van der Waals surface area contributed by atoms with Crippen LogP contribution < -0.4 is 5.42 Å². The fourth-order valence-electron chi connectivity index (χ4n) is 3.88. The van der Waals surface area contributed by atoms with Gasteiger partial charge in [0.05, 0.1) is 5.69 Å². The monoisotopic (exact) mass is 335 g/mol. The highest BCUT2D eigenvalue weighted by Gasteiger charge is 2.16. The molecule has 2 nitrogen and oxygen atoms in total. The second-order valence-corrected chi connectivity index (χ2v) is 6.47. The summed E-state index contributed by atoms with van der Waals surface area (Å²) in [5.74, 6) is 0. The van der Waals surface area contributed by atoms with Gasteiger partial charge in [0.25, 0.3) is 0 Å². The van der Waals surface area contributed by atoms with Crippen LogP contribution in [0.1, 0.15) is 12.5 Å². The van der Waals surface area contributed by atoms with E-state index in [1.807, 2.05) is 43.5 Å². The number of rotatable bonds is 2. The standard InChI is InChI=1S/C24H17NO/c1-3-7-18-17-12-11-16(21-9-4-5-13-25-21)14-20(17)19-8-6-10-22-24(19)23(18)15(2)26-22/h3-14H,2H2,1H3/b7-3-. The number of allylic oxidation sites excluding steroid dienone is 1. The van der Waals surface area contributed by atoms with Gasteiger partial charge in [-0.3, -0.25) is 4.98 Å². The number of hydrogen-bond donors (Lipinski definition) is 0. The number of furan rings is 1. The molecule has 0 spiro atoms. The molecule has 0 aliphatic heterocycles. The lowest BCUT2D eigenvalue weighted by Gasteiger charge is -2.11. The van der Waals surface area contributed by atoms with E-state index in [1.54, 1.807) is 0 Å².